The second-order valence-electron chi connectivity index (χ2n) is 6.22. The monoisotopic (exact) mass is 409 g/mol. The number of nitrogens with zero attached hydrogens (tertiary/aromatic N) is 2. The Morgan fingerprint density at radius 3 is 2.72 bits per heavy atom. The van der Waals surface area contributed by atoms with Crippen molar-refractivity contribution in [3.8, 4) is 17.2 Å². The molecule has 0 aliphatic carbocycles. The van der Waals surface area contributed by atoms with Crippen molar-refractivity contribution in [1.29, 1.82) is 0 Å². The SMILES string of the molecule is CCOc1ccc(Oc2ccccc2NC(=O)c2cnc3n(c2=O)CCS3)cc1. The van der Waals surface area contributed by atoms with E-state index in [4.69, 9.17) is 9.47 Å². The molecule has 2 heterocycles. The molecule has 4 rings (SSSR count). The Kier molecular flexibility index (Phi) is 5.53. The summed E-state index contributed by atoms with van der Waals surface area (Å²) < 4.78 is 12.9. The zero-order valence-corrected chi connectivity index (χ0v) is 16.6. The van der Waals surface area contributed by atoms with Crippen LogP contribution in [0.15, 0.2) is 64.7 Å². The van der Waals surface area contributed by atoms with Gasteiger partial charge < -0.3 is 14.8 Å². The van der Waals surface area contributed by atoms with Gasteiger partial charge in [0, 0.05) is 18.5 Å². The Morgan fingerprint density at radius 2 is 1.93 bits per heavy atom. The van der Waals surface area contributed by atoms with E-state index in [0.717, 1.165) is 11.5 Å². The van der Waals surface area contributed by atoms with Gasteiger partial charge in [-0.05, 0) is 43.3 Å². The van der Waals surface area contributed by atoms with Gasteiger partial charge >= 0.3 is 0 Å². The second kappa shape index (κ2) is 8.40. The minimum Gasteiger partial charge on any atom is -0.494 e. The van der Waals surface area contributed by atoms with Gasteiger partial charge in [0.05, 0.1) is 12.3 Å². The summed E-state index contributed by atoms with van der Waals surface area (Å²) in [5.74, 6) is 2.09. The summed E-state index contributed by atoms with van der Waals surface area (Å²) in [7, 11) is 0. The molecule has 1 aromatic heterocycles. The van der Waals surface area contributed by atoms with Gasteiger partial charge in [-0.15, -0.1) is 0 Å². The lowest BCUT2D eigenvalue weighted by Crippen LogP contribution is -2.29. The summed E-state index contributed by atoms with van der Waals surface area (Å²) in [5.41, 5.74) is 0.139. The fourth-order valence-electron chi connectivity index (χ4n) is 2.92. The van der Waals surface area contributed by atoms with Gasteiger partial charge in [0.2, 0.25) is 0 Å². The van der Waals surface area contributed by atoms with Gasteiger partial charge in [0.25, 0.3) is 11.5 Å². The Hall–Kier alpha value is -3.26. The first-order valence-electron chi connectivity index (χ1n) is 9.19. The molecule has 3 aromatic rings. The van der Waals surface area contributed by atoms with Gasteiger partial charge in [-0.1, -0.05) is 23.9 Å². The molecule has 8 heteroatoms. The predicted molar refractivity (Wildman–Crippen MR) is 111 cm³/mol. The maximum absolute atomic E-state index is 12.7. The van der Waals surface area contributed by atoms with E-state index in [1.807, 2.05) is 25.1 Å². The van der Waals surface area contributed by atoms with Gasteiger partial charge in [-0.25, -0.2) is 4.98 Å². The molecule has 1 amide bonds. The molecular weight excluding hydrogens is 390 g/mol. The standard InChI is InChI=1S/C21H19N3O4S/c1-2-27-14-7-9-15(10-8-14)28-18-6-4-3-5-17(18)23-19(25)16-13-22-21-24(20(16)26)11-12-29-21/h3-10,13H,2,11-12H2,1H3,(H,23,25). The Labute approximate surface area is 171 Å². The number of hydrogen-bond acceptors (Lipinski definition) is 6. The molecule has 0 atom stereocenters. The molecule has 0 saturated carbocycles. The first-order chi connectivity index (χ1) is 14.2. The minimum atomic E-state index is -0.516. The highest BCUT2D eigenvalue weighted by Gasteiger charge is 2.20. The molecule has 29 heavy (non-hydrogen) atoms. The van der Waals surface area contributed by atoms with Crippen molar-refractivity contribution in [1.82, 2.24) is 9.55 Å². The van der Waals surface area contributed by atoms with Crippen molar-refractivity contribution in [3.63, 3.8) is 0 Å². The normalized spacial score (nSPS) is 12.3. The third kappa shape index (κ3) is 4.12. The van der Waals surface area contributed by atoms with Crippen molar-refractivity contribution in [2.24, 2.45) is 0 Å². The number of hydrogen-bond donors (Lipinski definition) is 1. The van der Waals surface area contributed by atoms with E-state index >= 15 is 0 Å². The van der Waals surface area contributed by atoms with Gasteiger partial charge in [-0.3, -0.25) is 14.2 Å². The van der Waals surface area contributed by atoms with Crippen LogP contribution in [0, 0.1) is 0 Å². The van der Waals surface area contributed by atoms with E-state index in [1.165, 1.54) is 22.5 Å². The lowest BCUT2D eigenvalue weighted by atomic mass is 10.2. The topological polar surface area (TPSA) is 82.4 Å². The predicted octanol–water partition coefficient (Wildman–Crippen LogP) is 3.79. The van der Waals surface area contributed by atoms with E-state index in [2.05, 4.69) is 10.3 Å². The van der Waals surface area contributed by atoms with Crippen LogP contribution in [0.4, 0.5) is 5.69 Å². The summed E-state index contributed by atoms with van der Waals surface area (Å²) in [5, 5.41) is 3.41. The van der Waals surface area contributed by atoms with E-state index in [9.17, 15) is 9.59 Å². The number of ether oxygens (including phenoxy) is 2. The second-order valence-corrected chi connectivity index (χ2v) is 7.28. The van der Waals surface area contributed by atoms with E-state index in [0.29, 0.717) is 35.5 Å². The van der Waals surface area contributed by atoms with Crippen molar-refractivity contribution in [2.75, 3.05) is 17.7 Å². The van der Waals surface area contributed by atoms with E-state index in [1.54, 1.807) is 30.3 Å². The Morgan fingerprint density at radius 1 is 1.17 bits per heavy atom. The van der Waals surface area contributed by atoms with Crippen molar-refractivity contribution in [2.45, 2.75) is 18.6 Å². The lowest BCUT2D eigenvalue weighted by molar-refractivity contribution is 0.102. The number of anilines is 1. The van der Waals surface area contributed by atoms with Crippen LogP contribution in [-0.4, -0.2) is 27.8 Å². The first kappa shape index (κ1) is 19.1. The molecule has 0 spiro atoms. The third-order valence-electron chi connectivity index (χ3n) is 4.30. The van der Waals surface area contributed by atoms with Crippen LogP contribution in [0.3, 0.4) is 0 Å². The number of thioether (sulfide) groups is 1. The third-order valence-corrected chi connectivity index (χ3v) is 5.27. The zero-order chi connectivity index (χ0) is 20.2. The number of para-hydroxylation sites is 2. The smallest absolute Gasteiger partial charge is 0.267 e. The molecule has 1 aliphatic rings. The van der Waals surface area contributed by atoms with E-state index < -0.39 is 5.91 Å². The quantitative estimate of drug-likeness (QED) is 0.624. The van der Waals surface area contributed by atoms with Crippen molar-refractivity contribution in [3.05, 3.63) is 70.6 Å². The molecule has 148 valence electrons. The van der Waals surface area contributed by atoms with Gasteiger partial charge in [-0.2, -0.15) is 0 Å². The largest absolute Gasteiger partial charge is 0.494 e. The lowest BCUT2D eigenvalue weighted by Gasteiger charge is -2.13. The maximum Gasteiger partial charge on any atom is 0.267 e. The first-order valence-corrected chi connectivity index (χ1v) is 10.2. The number of aromatic nitrogens is 2. The number of carbonyl (C=O) groups excluding carboxylic acids is 1. The highest BCUT2D eigenvalue weighted by Crippen LogP contribution is 2.30. The number of benzene rings is 2. The molecule has 1 N–H and O–H groups in total. The van der Waals surface area contributed by atoms with Crippen LogP contribution in [-0.2, 0) is 6.54 Å². The van der Waals surface area contributed by atoms with Crippen LogP contribution in [0.1, 0.15) is 17.3 Å². The van der Waals surface area contributed by atoms with E-state index in [-0.39, 0.29) is 11.1 Å². The zero-order valence-electron chi connectivity index (χ0n) is 15.8. The Balaban J connectivity index is 1.54. The Bertz CT molecular complexity index is 1100. The molecule has 7 nitrogen and oxygen atoms in total. The molecule has 0 radical (unpaired) electrons. The number of fused-ring (bicyclic) bond motifs is 1. The molecule has 1 aliphatic heterocycles. The van der Waals surface area contributed by atoms with Crippen LogP contribution in [0.25, 0.3) is 0 Å². The van der Waals surface area contributed by atoms with Gasteiger partial charge in [0.1, 0.15) is 17.1 Å². The molecule has 0 bridgehead atoms. The fraction of sp³-hybridized carbons (Fsp3) is 0.190. The summed E-state index contributed by atoms with van der Waals surface area (Å²) in [6.07, 6.45) is 1.33. The highest BCUT2D eigenvalue weighted by atomic mass is 32.2. The molecule has 2 aromatic carbocycles. The van der Waals surface area contributed by atoms with Crippen molar-refractivity contribution >= 4 is 23.4 Å². The summed E-state index contributed by atoms with van der Waals surface area (Å²) in [4.78, 5) is 29.5. The van der Waals surface area contributed by atoms with Crippen LogP contribution >= 0.6 is 11.8 Å². The molecule has 0 saturated heterocycles. The molecule has 0 fully saturated rings. The number of carbonyl (C=O) groups is 1. The average molecular weight is 409 g/mol. The maximum atomic E-state index is 12.7. The summed E-state index contributed by atoms with van der Waals surface area (Å²) in [6.45, 7) is 3.07. The highest BCUT2D eigenvalue weighted by molar-refractivity contribution is 7.99. The minimum absolute atomic E-state index is 0.00659. The number of rotatable bonds is 6. The molecule has 0 unspecified atom stereocenters. The summed E-state index contributed by atoms with van der Waals surface area (Å²) in [6, 6.07) is 14.3. The number of nitrogens with one attached hydrogen (secondary N) is 1. The fourth-order valence-corrected chi connectivity index (χ4v) is 3.83. The van der Waals surface area contributed by atoms with Gasteiger partial charge in [0.15, 0.2) is 10.9 Å². The number of amides is 1. The summed E-state index contributed by atoms with van der Waals surface area (Å²) >= 11 is 1.51. The molecular formula is C21H19N3O4S. The average Bonchev–Trinajstić information content (AvgIpc) is 3.21. The van der Waals surface area contributed by atoms with Crippen LogP contribution in [0.2, 0.25) is 0 Å². The van der Waals surface area contributed by atoms with Crippen LogP contribution < -0.4 is 20.3 Å². The van der Waals surface area contributed by atoms with Crippen LogP contribution in [0.5, 0.6) is 17.2 Å². The van der Waals surface area contributed by atoms with Crippen molar-refractivity contribution < 1.29 is 14.3 Å².